The molecule has 2 N–H and O–H groups in total. The van der Waals surface area contributed by atoms with E-state index in [4.69, 9.17) is 0 Å². The van der Waals surface area contributed by atoms with Crippen molar-refractivity contribution < 1.29 is 14.3 Å². The minimum Gasteiger partial charge on any atom is -0.342 e. The summed E-state index contributed by atoms with van der Waals surface area (Å²) in [6, 6.07) is 18.6. The van der Waals surface area contributed by atoms with Crippen LogP contribution < -0.4 is 5.32 Å². The van der Waals surface area contributed by atoms with Crippen LogP contribution in [0.4, 0.5) is 4.79 Å². The summed E-state index contributed by atoms with van der Waals surface area (Å²) in [5.74, 6) is -0.732. The van der Waals surface area contributed by atoms with Gasteiger partial charge in [0.15, 0.2) is 0 Å². The first kappa shape index (κ1) is 15.8. The van der Waals surface area contributed by atoms with Crippen molar-refractivity contribution in [1.82, 2.24) is 10.2 Å². The molecule has 0 radical (unpaired) electrons. The molecule has 1 fully saturated rings. The maximum absolute atomic E-state index is 12.6. The van der Waals surface area contributed by atoms with Gasteiger partial charge in [0.05, 0.1) is 0 Å². The largest absolute Gasteiger partial charge is 0.342 e. The normalized spacial score (nSPS) is 24.3. The molecule has 0 bridgehead atoms. The van der Waals surface area contributed by atoms with E-state index in [9.17, 15) is 14.3 Å². The monoisotopic (exact) mass is 330 g/mol. The molecule has 23 heavy (non-hydrogen) atoms. The van der Waals surface area contributed by atoms with Gasteiger partial charge in [-0.2, -0.15) is 0 Å². The Kier molecular flexibility index (Phi) is 4.51. The lowest BCUT2D eigenvalue weighted by atomic mass is 10.1. The molecule has 0 spiro atoms. The molecule has 5 nitrogen and oxygen atoms in total. The summed E-state index contributed by atoms with van der Waals surface area (Å²) in [6.45, 7) is 0.329. The minimum absolute atomic E-state index is 0.120. The molecule has 2 unspecified atom stereocenters. The maximum Gasteiger partial charge on any atom is 0.318 e. The molecule has 0 aromatic heterocycles. The minimum atomic E-state index is -3.50. The number of carbonyl (C=O) groups excluding carboxylic acids is 1. The number of rotatable bonds is 4. The summed E-state index contributed by atoms with van der Waals surface area (Å²) >= 11 is 0. The third-order valence-electron chi connectivity index (χ3n) is 3.93. The highest BCUT2D eigenvalue weighted by Gasteiger charge is 2.40. The summed E-state index contributed by atoms with van der Waals surface area (Å²) < 4.78 is 12.6. The van der Waals surface area contributed by atoms with Gasteiger partial charge in [0.25, 0.3) is 0 Å². The zero-order valence-electron chi connectivity index (χ0n) is 12.6. The van der Waals surface area contributed by atoms with Crippen LogP contribution in [-0.4, -0.2) is 27.9 Å². The van der Waals surface area contributed by atoms with Crippen LogP contribution in [0, 0.1) is 0 Å². The Bertz CT molecular complexity index is 721. The van der Waals surface area contributed by atoms with Gasteiger partial charge in [0.2, 0.25) is 7.37 Å². The molecule has 2 amide bonds. The average Bonchev–Trinajstić information content (AvgIpc) is 2.54. The van der Waals surface area contributed by atoms with Gasteiger partial charge in [-0.05, 0) is 11.1 Å². The summed E-state index contributed by atoms with van der Waals surface area (Å²) in [5, 5.41) is 2.70. The summed E-state index contributed by atoms with van der Waals surface area (Å²) in [5.41, 5.74) is 1.87. The van der Waals surface area contributed by atoms with Crippen molar-refractivity contribution in [3.05, 3.63) is 71.8 Å². The number of hydrogen-bond donors (Lipinski definition) is 2. The number of hydrogen-bond acceptors (Lipinski definition) is 2. The average molecular weight is 330 g/mol. The van der Waals surface area contributed by atoms with E-state index in [0.717, 1.165) is 11.1 Å². The molecule has 1 saturated heterocycles. The Balaban J connectivity index is 1.71. The third kappa shape index (κ3) is 3.81. The molecule has 1 aliphatic rings. The van der Waals surface area contributed by atoms with E-state index >= 15 is 0 Å². The summed E-state index contributed by atoms with van der Waals surface area (Å²) in [7, 11) is -3.50. The molecule has 1 aliphatic heterocycles. The fourth-order valence-corrected chi connectivity index (χ4v) is 4.42. The summed E-state index contributed by atoms with van der Waals surface area (Å²) in [6.07, 6.45) is 0.241. The van der Waals surface area contributed by atoms with Gasteiger partial charge in [-0.15, -0.1) is 0 Å². The van der Waals surface area contributed by atoms with Crippen LogP contribution in [-0.2, 0) is 17.5 Å². The smallest absolute Gasteiger partial charge is 0.318 e. The van der Waals surface area contributed by atoms with E-state index < -0.39 is 13.2 Å². The van der Waals surface area contributed by atoms with Crippen molar-refractivity contribution >= 4 is 13.4 Å². The molecule has 120 valence electrons. The quantitative estimate of drug-likeness (QED) is 0.847. The molecular formula is C17H19N2O3P. The Morgan fingerprint density at radius 3 is 2.22 bits per heavy atom. The van der Waals surface area contributed by atoms with E-state index in [1.165, 1.54) is 4.90 Å². The molecule has 3 rings (SSSR count). The Hall–Kier alpha value is -2.10. The van der Waals surface area contributed by atoms with E-state index in [0.29, 0.717) is 13.0 Å². The Morgan fingerprint density at radius 1 is 1.04 bits per heavy atom. The van der Waals surface area contributed by atoms with Crippen molar-refractivity contribution in [3.8, 4) is 0 Å². The van der Waals surface area contributed by atoms with Gasteiger partial charge >= 0.3 is 6.03 Å². The van der Waals surface area contributed by atoms with Crippen LogP contribution in [0.3, 0.4) is 0 Å². The highest BCUT2D eigenvalue weighted by atomic mass is 31.2. The van der Waals surface area contributed by atoms with Gasteiger partial charge in [0, 0.05) is 13.0 Å². The van der Waals surface area contributed by atoms with Gasteiger partial charge in [-0.25, -0.2) is 4.79 Å². The van der Waals surface area contributed by atoms with Gasteiger partial charge < -0.3 is 15.1 Å². The first-order chi connectivity index (χ1) is 11.0. The molecule has 2 atom stereocenters. The molecular weight excluding hydrogens is 311 g/mol. The molecule has 0 aliphatic carbocycles. The SMILES string of the molecule is O=C1NC(Cc2ccccc2)P(=O)(O)CN1Cc1ccccc1. The second-order valence-electron chi connectivity index (χ2n) is 5.74. The Labute approximate surface area is 135 Å². The van der Waals surface area contributed by atoms with Crippen LogP contribution >= 0.6 is 7.37 Å². The number of carbonyl (C=O) groups is 1. The predicted octanol–water partition coefficient (Wildman–Crippen LogP) is 3.01. The lowest BCUT2D eigenvalue weighted by molar-refractivity contribution is 0.193. The first-order valence-electron chi connectivity index (χ1n) is 7.49. The molecule has 1 heterocycles. The lowest BCUT2D eigenvalue weighted by Gasteiger charge is -2.36. The lowest BCUT2D eigenvalue weighted by Crippen LogP contribution is -2.51. The molecule has 6 heteroatoms. The van der Waals surface area contributed by atoms with Crippen molar-refractivity contribution in [2.24, 2.45) is 0 Å². The number of amides is 2. The first-order valence-corrected chi connectivity index (χ1v) is 9.41. The van der Waals surface area contributed by atoms with Crippen LogP contribution in [0.1, 0.15) is 11.1 Å². The van der Waals surface area contributed by atoms with Crippen LogP contribution in [0.25, 0.3) is 0 Å². The zero-order valence-corrected chi connectivity index (χ0v) is 13.5. The number of nitrogens with zero attached hydrogens (tertiary/aromatic N) is 1. The second kappa shape index (κ2) is 6.57. The fourth-order valence-electron chi connectivity index (χ4n) is 2.70. The van der Waals surface area contributed by atoms with Crippen LogP contribution in [0.2, 0.25) is 0 Å². The van der Waals surface area contributed by atoms with Gasteiger partial charge in [-0.3, -0.25) is 4.57 Å². The van der Waals surface area contributed by atoms with Crippen molar-refractivity contribution in [2.75, 3.05) is 6.29 Å². The second-order valence-corrected chi connectivity index (χ2v) is 8.15. The number of nitrogens with one attached hydrogen (secondary N) is 1. The van der Waals surface area contributed by atoms with E-state index in [1.54, 1.807) is 0 Å². The molecule has 2 aromatic carbocycles. The van der Waals surface area contributed by atoms with Crippen LogP contribution in [0.15, 0.2) is 60.7 Å². The number of benzene rings is 2. The predicted molar refractivity (Wildman–Crippen MR) is 89.1 cm³/mol. The molecule has 2 aromatic rings. The van der Waals surface area contributed by atoms with Crippen molar-refractivity contribution in [3.63, 3.8) is 0 Å². The highest BCUT2D eigenvalue weighted by molar-refractivity contribution is 7.58. The van der Waals surface area contributed by atoms with E-state index in [2.05, 4.69) is 5.32 Å². The highest BCUT2D eigenvalue weighted by Crippen LogP contribution is 2.49. The topological polar surface area (TPSA) is 69.6 Å². The fraction of sp³-hybridized carbons (Fsp3) is 0.235. The van der Waals surface area contributed by atoms with Crippen molar-refractivity contribution in [2.45, 2.75) is 18.7 Å². The third-order valence-corrected chi connectivity index (χ3v) is 5.96. The van der Waals surface area contributed by atoms with Crippen molar-refractivity contribution in [1.29, 1.82) is 0 Å². The van der Waals surface area contributed by atoms with E-state index in [1.807, 2.05) is 60.7 Å². The Morgan fingerprint density at radius 2 is 1.61 bits per heavy atom. The summed E-state index contributed by atoms with van der Waals surface area (Å²) in [4.78, 5) is 24.0. The van der Waals surface area contributed by atoms with E-state index in [-0.39, 0.29) is 12.3 Å². The zero-order chi connectivity index (χ0) is 16.3. The maximum atomic E-state index is 12.6. The number of urea groups is 1. The standard InChI is InChI=1S/C17H19N2O3P/c20-17-18-16(11-14-7-3-1-4-8-14)23(21,22)13-19(17)12-15-9-5-2-6-10-15/h1-10,16H,11-13H2,(H,18,20)(H,21,22). The van der Waals surface area contributed by atoms with Gasteiger partial charge in [-0.1, -0.05) is 60.7 Å². The van der Waals surface area contributed by atoms with Gasteiger partial charge in [0.1, 0.15) is 12.1 Å². The van der Waals surface area contributed by atoms with Crippen LogP contribution in [0.5, 0.6) is 0 Å². The molecule has 0 saturated carbocycles.